The van der Waals surface area contributed by atoms with Crippen LogP contribution in [0.1, 0.15) is 20.7 Å². The molecule has 0 unspecified atom stereocenters. The zero-order valence-electron chi connectivity index (χ0n) is 12.3. The summed E-state index contributed by atoms with van der Waals surface area (Å²) in [7, 11) is 0. The molecule has 3 amide bonds. The zero-order valence-corrected chi connectivity index (χ0v) is 13.1. The van der Waals surface area contributed by atoms with Crippen LogP contribution in [0.4, 0.5) is 4.39 Å². The second kappa shape index (κ2) is 8.07. The third-order valence-electron chi connectivity index (χ3n) is 2.95. The van der Waals surface area contributed by atoms with E-state index in [1.54, 1.807) is 18.2 Å². The van der Waals surface area contributed by atoms with Crippen LogP contribution in [0.15, 0.2) is 48.5 Å². The highest BCUT2D eigenvalue weighted by atomic mass is 35.5. The summed E-state index contributed by atoms with van der Waals surface area (Å²) >= 11 is 5.87. The molecule has 3 N–H and O–H groups in total. The van der Waals surface area contributed by atoms with Crippen molar-refractivity contribution in [3.05, 3.63) is 70.5 Å². The summed E-state index contributed by atoms with van der Waals surface area (Å²) in [6.45, 7) is -0.353. The Kier molecular flexibility index (Phi) is 5.86. The first-order chi connectivity index (χ1) is 11.5. The maximum atomic E-state index is 12.8. The molecule has 0 saturated carbocycles. The molecule has 24 heavy (non-hydrogen) atoms. The van der Waals surface area contributed by atoms with Gasteiger partial charge in [0.05, 0.1) is 17.1 Å². The molecule has 0 atom stereocenters. The third-order valence-corrected chi connectivity index (χ3v) is 3.28. The van der Waals surface area contributed by atoms with Crippen molar-refractivity contribution in [1.29, 1.82) is 0 Å². The van der Waals surface area contributed by atoms with E-state index in [1.165, 1.54) is 18.2 Å². The minimum absolute atomic E-state index is 0.178. The first kappa shape index (κ1) is 17.4. The molecule has 0 saturated heterocycles. The standard InChI is InChI=1S/C16H13ClFN3O3/c17-13-4-2-1-3-12(13)16(24)19-9-14(22)20-21-15(23)10-5-7-11(18)8-6-10/h1-8H,9H2,(H,19,24)(H,20,22)(H,21,23). The number of hydrogen-bond donors (Lipinski definition) is 3. The van der Waals surface area contributed by atoms with Gasteiger partial charge in [-0.25, -0.2) is 4.39 Å². The molecular formula is C16H13ClFN3O3. The van der Waals surface area contributed by atoms with E-state index in [1.807, 2.05) is 0 Å². The molecule has 8 heteroatoms. The molecule has 0 aliphatic rings. The van der Waals surface area contributed by atoms with E-state index >= 15 is 0 Å². The van der Waals surface area contributed by atoms with E-state index in [4.69, 9.17) is 11.6 Å². The molecular weight excluding hydrogens is 337 g/mol. The summed E-state index contributed by atoms with van der Waals surface area (Å²) in [5.41, 5.74) is 4.71. The average molecular weight is 350 g/mol. The largest absolute Gasteiger partial charge is 0.343 e. The molecule has 0 heterocycles. The van der Waals surface area contributed by atoms with Crippen molar-refractivity contribution < 1.29 is 18.8 Å². The minimum Gasteiger partial charge on any atom is -0.343 e. The Morgan fingerprint density at radius 3 is 2.25 bits per heavy atom. The van der Waals surface area contributed by atoms with E-state index in [-0.39, 0.29) is 22.7 Å². The fourth-order valence-electron chi connectivity index (χ4n) is 1.75. The van der Waals surface area contributed by atoms with Crippen LogP contribution >= 0.6 is 11.6 Å². The van der Waals surface area contributed by atoms with E-state index in [9.17, 15) is 18.8 Å². The highest BCUT2D eigenvalue weighted by Gasteiger charge is 2.12. The van der Waals surface area contributed by atoms with Crippen molar-refractivity contribution in [2.24, 2.45) is 0 Å². The monoisotopic (exact) mass is 349 g/mol. The van der Waals surface area contributed by atoms with Crippen LogP contribution in [0.25, 0.3) is 0 Å². The van der Waals surface area contributed by atoms with Gasteiger partial charge in [0.25, 0.3) is 17.7 Å². The summed E-state index contributed by atoms with van der Waals surface area (Å²) in [5, 5.41) is 2.64. The average Bonchev–Trinajstić information content (AvgIpc) is 2.58. The number of rotatable bonds is 4. The van der Waals surface area contributed by atoms with Crippen LogP contribution in [-0.2, 0) is 4.79 Å². The van der Waals surface area contributed by atoms with E-state index in [0.29, 0.717) is 0 Å². The minimum atomic E-state index is -0.633. The third kappa shape index (κ3) is 4.79. The molecule has 0 spiro atoms. The number of benzene rings is 2. The number of nitrogens with one attached hydrogen (secondary N) is 3. The van der Waals surface area contributed by atoms with Crippen molar-refractivity contribution in [2.45, 2.75) is 0 Å². The Balaban J connectivity index is 1.79. The first-order valence-electron chi connectivity index (χ1n) is 6.85. The summed E-state index contributed by atoms with van der Waals surface area (Å²) in [6, 6.07) is 11.2. The smallest absolute Gasteiger partial charge is 0.269 e. The van der Waals surface area contributed by atoms with Crippen molar-refractivity contribution >= 4 is 29.3 Å². The van der Waals surface area contributed by atoms with Gasteiger partial charge in [0.1, 0.15) is 5.82 Å². The highest BCUT2D eigenvalue weighted by Crippen LogP contribution is 2.14. The van der Waals surface area contributed by atoms with Gasteiger partial charge in [-0.05, 0) is 36.4 Å². The number of carbonyl (C=O) groups is 3. The summed E-state index contributed by atoms with van der Waals surface area (Å²) in [5.74, 6) is -2.23. The second-order valence-electron chi connectivity index (χ2n) is 4.67. The zero-order chi connectivity index (χ0) is 17.5. The summed E-state index contributed by atoms with van der Waals surface area (Å²) < 4.78 is 12.8. The lowest BCUT2D eigenvalue weighted by atomic mass is 10.2. The van der Waals surface area contributed by atoms with Gasteiger partial charge in [-0.2, -0.15) is 0 Å². The van der Waals surface area contributed by atoms with Gasteiger partial charge in [0, 0.05) is 5.56 Å². The van der Waals surface area contributed by atoms with Gasteiger partial charge in [-0.3, -0.25) is 25.2 Å². The first-order valence-corrected chi connectivity index (χ1v) is 7.22. The predicted octanol–water partition coefficient (Wildman–Crippen LogP) is 1.67. The molecule has 0 aromatic heterocycles. The topological polar surface area (TPSA) is 87.3 Å². The van der Waals surface area contributed by atoms with Gasteiger partial charge in [-0.1, -0.05) is 23.7 Å². The van der Waals surface area contributed by atoms with Crippen LogP contribution in [0.5, 0.6) is 0 Å². The molecule has 2 rings (SSSR count). The number of halogens is 2. The van der Waals surface area contributed by atoms with Crippen LogP contribution in [0.3, 0.4) is 0 Å². The van der Waals surface area contributed by atoms with Crippen molar-refractivity contribution in [1.82, 2.24) is 16.2 Å². The quantitative estimate of drug-likeness (QED) is 0.734. The van der Waals surface area contributed by atoms with Gasteiger partial charge in [0.15, 0.2) is 0 Å². The van der Waals surface area contributed by atoms with Gasteiger partial charge in [-0.15, -0.1) is 0 Å². The number of amides is 3. The maximum Gasteiger partial charge on any atom is 0.269 e. The number of carbonyl (C=O) groups excluding carboxylic acids is 3. The Bertz CT molecular complexity index is 765. The Morgan fingerprint density at radius 2 is 1.58 bits per heavy atom. The second-order valence-corrected chi connectivity index (χ2v) is 5.08. The van der Waals surface area contributed by atoms with Crippen LogP contribution in [0, 0.1) is 5.82 Å². The Labute approximate surface area is 142 Å². The molecule has 2 aromatic carbocycles. The molecule has 0 bridgehead atoms. The highest BCUT2D eigenvalue weighted by molar-refractivity contribution is 6.33. The SMILES string of the molecule is O=C(CNC(=O)c1ccccc1Cl)NNC(=O)c1ccc(F)cc1. The van der Waals surface area contributed by atoms with Crippen LogP contribution in [0.2, 0.25) is 5.02 Å². The van der Waals surface area contributed by atoms with Crippen molar-refractivity contribution in [2.75, 3.05) is 6.54 Å². The van der Waals surface area contributed by atoms with E-state index in [2.05, 4.69) is 16.2 Å². The molecule has 0 aliphatic carbocycles. The molecule has 0 aliphatic heterocycles. The fourth-order valence-corrected chi connectivity index (χ4v) is 1.97. The van der Waals surface area contributed by atoms with Crippen molar-refractivity contribution in [3.8, 4) is 0 Å². The normalized spacial score (nSPS) is 9.92. The maximum absolute atomic E-state index is 12.8. The lowest BCUT2D eigenvalue weighted by Gasteiger charge is -2.09. The Hall–Kier alpha value is -2.93. The molecule has 0 radical (unpaired) electrons. The van der Waals surface area contributed by atoms with Crippen LogP contribution < -0.4 is 16.2 Å². The predicted molar refractivity (Wildman–Crippen MR) is 85.8 cm³/mol. The van der Waals surface area contributed by atoms with E-state index in [0.717, 1.165) is 12.1 Å². The molecule has 2 aromatic rings. The summed E-state index contributed by atoms with van der Waals surface area (Å²) in [6.07, 6.45) is 0. The summed E-state index contributed by atoms with van der Waals surface area (Å²) in [4.78, 5) is 35.2. The molecule has 0 fully saturated rings. The lowest BCUT2D eigenvalue weighted by Crippen LogP contribution is -2.46. The van der Waals surface area contributed by atoms with Crippen molar-refractivity contribution in [3.63, 3.8) is 0 Å². The van der Waals surface area contributed by atoms with Crippen LogP contribution in [-0.4, -0.2) is 24.3 Å². The molecule has 6 nitrogen and oxygen atoms in total. The lowest BCUT2D eigenvalue weighted by molar-refractivity contribution is -0.120. The van der Waals surface area contributed by atoms with Gasteiger partial charge in [0.2, 0.25) is 0 Å². The Morgan fingerprint density at radius 1 is 0.917 bits per heavy atom. The van der Waals surface area contributed by atoms with Gasteiger partial charge < -0.3 is 5.32 Å². The fraction of sp³-hybridized carbons (Fsp3) is 0.0625. The van der Waals surface area contributed by atoms with E-state index < -0.39 is 23.5 Å². The number of hydrogen-bond acceptors (Lipinski definition) is 3. The molecule has 124 valence electrons. The van der Waals surface area contributed by atoms with Gasteiger partial charge >= 0.3 is 0 Å². The number of hydrazine groups is 1.